The molecule has 0 saturated heterocycles. The zero-order valence-electron chi connectivity index (χ0n) is 13.4. The average Bonchev–Trinajstić information content (AvgIpc) is 2.62. The Balaban J connectivity index is 1.56. The van der Waals surface area contributed by atoms with E-state index < -0.39 is 0 Å². The van der Waals surface area contributed by atoms with Crippen LogP contribution in [0.5, 0.6) is 11.5 Å². The number of hydrogen-bond acceptors (Lipinski definition) is 5. The SMILES string of the molecule is CN1CCN(C(=O)Nc2ccc3c(c2)OCCO3)c2cccnc21. The second-order valence-corrected chi connectivity index (χ2v) is 5.71. The van der Waals surface area contributed by atoms with Gasteiger partial charge in [-0.3, -0.25) is 4.90 Å². The normalized spacial score (nSPS) is 15.7. The van der Waals surface area contributed by atoms with E-state index in [-0.39, 0.29) is 6.03 Å². The van der Waals surface area contributed by atoms with E-state index in [2.05, 4.69) is 10.3 Å². The molecule has 0 atom stereocenters. The fourth-order valence-corrected chi connectivity index (χ4v) is 2.89. The number of hydrogen-bond donors (Lipinski definition) is 1. The van der Waals surface area contributed by atoms with Crippen molar-refractivity contribution in [2.45, 2.75) is 0 Å². The summed E-state index contributed by atoms with van der Waals surface area (Å²) in [5, 5.41) is 2.92. The van der Waals surface area contributed by atoms with Gasteiger partial charge in [0.2, 0.25) is 0 Å². The summed E-state index contributed by atoms with van der Waals surface area (Å²) in [6.07, 6.45) is 1.73. The van der Waals surface area contributed by atoms with E-state index in [0.29, 0.717) is 36.9 Å². The van der Waals surface area contributed by atoms with Gasteiger partial charge in [-0.1, -0.05) is 0 Å². The van der Waals surface area contributed by atoms with Gasteiger partial charge < -0.3 is 19.7 Å². The van der Waals surface area contributed by atoms with E-state index in [1.54, 1.807) is 17.2 Å². The molecule has 2 amide bonds. The van der Waals surface area contributed by atoms with Gasteiger partial charge in [0.05, 0.1) is 5.69 Å². The Morgan fingerprint density at radius 3 is 2.88 bits per heavy atom. The van der Waals surface area contributed by atoms with Crippen LogP contribution in [-0.4, -0.2) is 44.4 Å². The first kappa shape index (κ1) is 14.6. The number of fused-ring (bicyclic) bond motifs is 2. The third-order valence-corrected chi connectivity index (χ3v) is 4.12. The number of nitrogens with one attached hydrogen (secondary N) is 1. The Morgan fingerprint density at radius 1 is 1.17 bits per heavy atom. The highest BCUT2D eigenvalue weighted by Crippen LogP contribution is 2.33. The van der Waals surface area contributed by atoms with Crippen molar-refractivity contribution in [2.75, 3.05) is 48.5 Å². The number of aromatic nitrogens is 1. The van der Waals surface area contributed by atoms with Gasteiger partial charge in [0.25, 0.3) is 0 Å². The zero-order chi connectivity index (χ0) is 16.5. The predicted molar refractivity (Wildman–Crippen MR) is 91.3 cm³/mol. The molecule has 24 heavy (non-hydrogen) atoms. The molecule has 1 aromatic carbocycles. The fourth-order valence-electron chi connectivity index (χ4n) is 2.89. The number of carbonyl (C=O) groups excluding carboxylic acids is 1. The first-order valence-electron chi connectivity index (χ1n) is 7.87. The van der Waals surface area contributed by atoms with Gasteiger partial charge in [-0.15, -0.1) is 0 Å². The first-order valence-corrected chi connectivity index (χ1v) is 7.87. The van der Waals surface area contributed by atoms with Crippen LogP contribution in [0.2, 0.25) is 0 Å². The van der Waals surface area contributed by atoms with Crippen molar-refractivity contribution >= 4 is 23.2 Å². The molecule has 0 bridgehead atoms. The molecule has 3 heterocycles. The van der Waals surface area contributed by atoms with E-state index in [1.165, 1.54) is 0 Å². The lowest BCUT2D eigenvalue weighted by atomic mass is 10.2. The molecule has 0 fully saturated rings. The minimum Gasteiger partial charge on any atom is -0.486 e. The maximum Gasteiger partial charge on any atom is 0.326 e. The molecule has 0 aliphatic carbocycles. The second kappa shape index (κ2) is 5.92. The average molecular weight is 326 g/mol. The Bertz CT molecular complexity index is 780. The number of likely N-dealkylation sites (N-methyl/N-ethyl adjacent to an activating group) is 1. The summed E-state index contributed by atoms with van der Waals surface area (Å²) in [6.45, 7) is 2.40. The highest BCUT2D eigenvalue weighted by atomic mass is 16.6. The van der Waals surface area contributed by atoms with Gasteiger partial charge in [-0.05, 0) is 24.3 Å². The quantitative estimate of drug-likeness (QED) is 0.871. The maximum absolute atomic E-state index is 12.7. The largest absolute Gasteiger partial charge is 0.486 e. The Labute approximate surface area is 139 Å². The summed E-state index contributed by atoms with van der Waals surface area (Å²) in [5.74, 6) is 2.16. The smallest absolute Gasteiger partial charge is 0.326 e. The molecule has 1 aromatic heterocycles. The number of benzene rings is 1. The summed E-state index contributed by atoms with van der Waals surface area (Å²) in [4.78, 5) is 20.8. The van der Waals surface area contributed by atoms with Gasteiger partial charge in [0.15, 0.2) is 17.3 Å². The minimum atomic E-state index is -0.186. The predicted octanol–water partition coefficient (Wildman–Crippen LogP) is 2.34. The van der Waals surface area contributed by atoms with E-state index in [4.69, 9.17) is 9.47 Å². The molecule has 0 spiro atoms. The van der Waals surface area contributed by atoms with Crippen LogP contribution in [0.1, 0.15) is 0 Å². The maximum atomic E-state index is 12.7. The van der Waals surface area contributed by atoms with Crippen molar-refractivity contribution in [3.05, 3.63) is 36.5 Å². The number of amides is 2. The molecule has 0 radical (unpaired) electrons. The number of carbonyl (C=O) groups is 1. The van der Waals surface area contributed by atoms with E-state index in [9.17, 15) is 4.79 Å². The van der Waals surface area contributed by atoms with Gasteiger partial charge in [-0.2, -0.15) is 0 Å². The van der Waals surface area contributed by atoms with Crippen LogP contribution in [0.3, 0.4) is 0 Å². The highest BCUT2D eigenvalue weighted by Gasteiger charge is 2.26. The Kier molecular flexibility index (Phi) is 3.60. The number of rotatable bonds is 1. The summed E-state index contributed by atoms with van der Waals surface area (Å²) in [7, 11) is 1.97. The van der Waals surface area contributed by atoms with Gasteiger partial charge in [-0.25, -0.2) is 9.78 Å². The summed E-state index contributed by atoms with van der Waals surface area (Å²) < 4.78 is 11.1. The summed E-state index contributed by atoms with van der Waals surface area (Å²) in [6, 6.07) is 8.96. The van der Waals surface area contributed by atoms with Gasteiger partial charge in [0.1, 0.15) is 13.2 Å². The minimum absolute atomic E-state index is 0.186. The van der Waals surface area contributed by atoms with Crippen molar-refractivity contribution in [3.8, 4) is 11.5 Å². The number of urea groups is 1. The molecule has 1 N–H and O–H groups in total. The lowest BCUT2D eigenvalue weighted by Crippen LogP contribution is -2.45. The van der Waals surface area contributed by atoms with Gasteiger partial charge in [0, 0.05) is 38.1 Å². The number of pyridine rings is 1. The monoisotopic (exact) mass is 326 g/mol. The van der Waals surface area contributed by atoms with E-state index >= 15 is 0 Å². The molecule has 4 rings (SSSR count). The van der Waals surface area contributed by atoms with Crippen molar-refractivity contribution in [2.24, 2.45) is 0 Å². The van der Waals surface area contributed by atoms with Crippen LogP contribution in [0.4, 0.5) is 22.0 Å². The van der Waals surface area contributed by atoms with Gasteiger partial charge >= 0.3 is 6.03 Å². The lowest BCUT2D eigenvalue weighted by Gasteiger charge is -2.34. The number of ether oxygens (including phenoxy) is 2. The van der Waals surface area contributed by atoms with E-state index in [1.807, 2.05) is 36.2 Å². The summed E-state index contributed by atoms with van der Waals surface area (Å²) in [5.41, 5.74) is 1.48. The number of anilines is 3. The van der Waals surface area contributed by atoms with Crippen molar-refractivity contribution in [1.82, 2.24) is 4.98 Å². The van der Waals surface area contributed by atoms with Crippen LogP contribution in [0.25, 0.3) is 0 Å². The second-order valence-electron chi connectivity index (χ2n) is 5.71. The van der Waals surface area contributed by atoms with Crippen molar-refractivity contribution < 1.29 is 14.3 Å². The highest BCUT2D eigenvalue weighted by molar-refractivity contribution is 6.04. The standard InChI is InChI=1S/C17H18N4O3/c1-20-7-8-21(13-3-2-6-18-16(13)20)17(22)19-12-4-5-14-15(11-12)24-10-9-23-14/h2-6,11H,7-10H2,1H3,(H,19,22). The summed E-state index contributed by atoms with van der Waals surface area (Å²) >= 11 is 0. The molecular formula is C17H18N4O3. The van der Waals surface area contributed by atoms with Crippen LogP contribution in [-0.2, 0) is 0 Å². The molecule has 0 unspecified atom stereocenters. The van der Waals surface area contributed by atoms with Crippen LogP contribution in [0, 0.1) is 0 Å². The number of nitrogens with zero attached hydrogens (tertiary/aromatic N) is 3. The van der Waals surface area contributed by atoms with Crippen LogP contribution in [0.15, 0.2) is 36.5 Å². The van der Waals surface area contributed by atoms with Crippen LogP contribution >= 0.6 is 0 Å². The van der Waals surface area contributed by atoms with Crippen LogP contribution < -0.4 is 24.6 Å². The first-order chi connectivity index (χ1) is 11.7. The van der Waals surface area contributed by atoms with Crippen molar-refractivity contribution in [3.63, 3.8) is 0 Å². The zero-order valence-corrected chi connectivity index (χ0v) is 13.4. The molecule has 2 aliphatic heterocycles. The molecule has 2 aliphatic rings. The molecule has 7 nitrogen and oxygen atoms in total. The fraction of sp³-hybridized carbons (Fsp3) is 0.294. The molecule has 124 valence electrons. The Morgan fingerprint density at radius 2 is 2.00 bits per heavy atom. The topological polar surface area (TPSA) is 66.9 Å². The third kappa shape index (κ3) is 2.58. The van der Waals surface area contributed by atoms with Crippen molar-refractivity contribution in [1.29, 1.82) is 0 Å². The molecule has 7 heteroatoms. The Hall–Kier alpha value is -2.96. The van der Waals surface area contributed by atoms with E-state index in [0.717, 1.165) is 18.1 Å². The third-order valence-electron chi connectivity index (χ3n) is 4.12. The lowest BCUT2D eigenvalue weighted by molar-refractivity contribution is 0.171. The molecule has 2 aromatic rings. The molecule has 0 saturated carbocycles. The molecular weight excluding hydrogens is 308 g/mol.